The van der Waals surface area contributed by atoms with E-state index in [2.05, 4.69) is 28.1 Å². The van der Waals surface area contributed by atoms with Gasteiger partial charge in [-0.05, 0) is 19.1 Å². The highest BCUT2D eigenvalue weighted by Crippen LogP contribution is 2.30. The SMILES string of the molecule is CCn1c2ccccc2c2oc(/C=N/NC(N)=O)cc21. The molecule has 3 N–H and O–H groups in total. The second-order valence-corrected chi connectivity index (χ2v) is 4.36. The van der Waals surface area contributed by atoms with Crippen molar-refractivity contribution < 1.29 is 9.21 Å². The molecule has 2 heterocycles. The molecule has 102 valence electrons. The summed E-state index contributed by atoms with van der Waals surface area (Å²) in [7, 11) is 0. The molecule has 0 fully saturated rings. The van der Waals surface area contributed by atoms with Crippen molar-refractivity contribution in [3.63, 3.8) is 0 Å². The number of aryl methyl sites for hydroxylation is 1. The summed E-state index contributed by atoms with van der Waals surface area (Å²) in [5.74, 6) is 0.566. The van der Waals surface area contributed by atoms with Gasteiger partial charge >= 0.3 is 6.03 Å². The Morgan fingerprint density at radius 3 is 3.00 bits per heavy atom. The maximum Gasteiger partial charge on any atom is 0.332 e. The van der Waals surface area contributed by atoms with E-state index < -0.39 is 6.03 Å². The summed E-state index contributed by atoms with van der Waals surface area (Å²) in [6, 6.07) is 9.26. The van der Waals surface area contributed by atoms with Gasteiger partial charge in [-0.2, -0.15) is 5.10 Å². The lowest BCUT2D eigenvalue weighted by molar-refractivity contribution is 0.249. The number of hydrogen-bond donors (Lipinski definition) is 2. The third-order valence-electron chi connectivity index (χ3n) is 3.14. The summed E-state index contributed by atoms with van der Waals surface area (Å²) in [5.41, 5.74) is 10.0. The number of rotatable bonds is 3. The predicted molar refractivity (Wildman–Crippen MR) is 77.7 cm³/mol. The number of urea groups is 1. The largest absolute Gasteiger partial charge is 0.453 e. The Morgan fingerprint density at radius 2 is 2.25 bits per heavy atom. The van der Waals surface area contributed by atoms with Gasteiger partial charge in [-0.25, -0.2) is 10.2 Å². The zero-order valence-corrected chi connectivity index (χ0v) is 11.0. The number of amides is 2. The van der Waals surface area contributed by atoms with Gasteiger partial charge in [-0.1, -0.05) is 12.1 Å². The minimum atomic E-state index is -0.708. The minimum Gasteiger partial charge on any atom is -0.453 e. The van der Waals surface area contributed by atoms with Crippen molar-refractivity contribution in [3.05, 3.63) is 36.1 Å². The highest BCUT2D eigenvalue weighted by molar-refractivity contribution is 6.06. The Labute approximate surface area is 114 Å². The van der Waals surface area contributed by atoms with Crippen LogP contribution in [0.1, 0.15) is 12.7 Å². The second-order valence-electron chi connectivity index (χ2n) is 4.36. The van der Waals surface area contributed by atoms with Crippen LogP contribution in [-0.4, -0.2) is 16.8 Å². The number of fused-ring (bicyclic) bond motifs is 3. The summed E-state index contributed by atoms with van der Waals surface area (Å²) in [5, 5.41) is 4.76. The Balaban J connectivity index is 2.11. The number of benzene rings is 1. The fraction of sp³-hybridized carbons (Fsp3) is 0.143. The third kappa shape index (κ3) is 1.91. The fourth-order valence-corrected chi connectivity index (χ4v) is 2.39. The first-order valence-corrected chi connectivity index (χ1v) is 6.30. The van der Waals surface area contributed by atoms with Crippen LogP contribution in [0.25, 0.3) is 22.0 Å². The standard InChI is InChI=1S/C14H14N4O2/c1-2-18-11-6-4-3-5-10(11)13-12(18)7-9(20-13)8-16-17-14(15)19/h3-8H,2H2,1H3,(H3,15,17,19)/b16-8+. The minimum absolute atomic E-state index is 0.566. The number of nitrogens with two attached hydrogens (primary N) is 1. The molecule has 3 rings (SSSR count). The number of para-hydroxylation sites is 1. The van der Waals surface area contributed by atoms with Crippen LogP contribution in [0.15, 0.2) is 39.9 Å². The van der Waals surface area contributed by atoms with Crippen LogP contribution in [0.5, 0.6) is 0 Å². The van der Waals surface area contributed by atoms with Crippen LogP contribution in [-0.2, 0) is 6.54 Å². The Kier molecular flexibility index (Phi) is 2.90. The number of furan rings is 1. The fourth-order valence-electron chi connectivity index (χ4n) is 2.39. The van der Waals surface area contributed by atoms with Gasteiger partial charge in [-0.3, -0.25) is 0 Å². The average molecular weight is 270 g/mol. The second kappa shape index (κ2) is 4.73. The highest BCUT2D eigenvalue weighted by atomic mass is 16.3. The van der Waals surface area contributed by atoms with Gasteiger partial charge in [0, 0.05) is 18.0 Å². The zero-order valence-electron chi connectivity index (χ0n) is 11.0. The molecule has 0 aliphatic carbocycles. The summed E-state index contributed by atoms with van der Waals surface area (Å²) in [6.45, 7) is 2.93. The molecule has 0 aliphatic heterocycles. The van der Waals surface area contributed by atoms with E-state index in [1.54, 1.807) is 0 Å². The monoisotopic (exact) mass is 270 g/mol. The molecule has 20 heavy (non-hydrogen) atoms. The van der Waals surface area contributed by atoms with Gasteiger partial charge < -0.3 is 14.7 Å². The van der Waals surface area contributed by atoms with Crippen molar-refractivity contribution in [2.24, 2.45) is 10.8 Å². The van der Waals surface area contributed by atoms with E-state index >= 15 is 0 Å². The molecule has 6 heteroatoms. The van der Waals surface area contributed by atoms with Gasteiger partial charge in [0.25, 0.3) is 0 Å². The topological polar surface area (TPSA) is 85.6 Å². The van der Waals surface area contributed by atoms with Crippen LogP contribution in [0.2, 0.25) is 0 Å². The van der Waals surface area contributed by atoms with E-state index in [4.69, 9.17) is 10.2 Å². The quantitative estimate of drug-likeness (QED) is 0.565. The molecule has 3 aromatic rings. The number of hydrogen-bond acceptors (Lipinski definition) is 3. The molecule has 0 bridgehead atoms. The van der Waals surface area contributed by atoms with Crippen LogP contribution in [0.4, 0.5) is 4.79 Å². The maximum absolute atomic E-state index is 10.5. The average Bonchev–Trinajstić information content (AvgIpc) is 2.94. The molecule has 2 amide bonds. The third-order valence-corrected chi connectivity index (χ3v) is 3.14. The predicted octanol–water partition coefficient (Wildman–Crippen LogP) is 2.41. The molecule has 0 saturated heterocycles. The van der Waals surface area contributed by atoms with Gasteiger partial charge in [0.2, 0.25) is 0 Å². The van der Waals surface area contributed by atoms with Crippen molar-refractivity contribution in [1.82, 2.24) is 9.99 Å². The molecular weight excluding hydrogens is 256 g/mol. The lowest BCUT2D eigenvalue weighted by Gasteiger charge is -2.00. The van der Waals surface area contributed by atoms with E-state index in [9.17, 15) is 4.79 Å². The van der Waals surface area contributed by atoms with Crippen molar-refractivity contribution in [3.8, 4) is 0 Å². The van der Waals surface area contributed by atoms with Gasteiger partial charge in [0.1, 0.15) is 5.76 Å². The number of carbonyl (C=O) groups is 1. The van der Waals surface area contributed by atoms with Crippen molar-refractivity contribution in [2.75, 3.05) is 0 Å². The van der Waals surface area contributed by atoms with E-state index in [0.29, 0.717) is 5.76 Å². The zero-order chi connectivity index (χ0) is 14.1. The van der Waals surface area contributed by atoms with Crippen molar-refractivity contribution in [1.29, 1.82) is 0 Å². The number of primary amides is 1. The molecule has 2 aromatic heterocycles. The normalized spacial score (nSPS) is 11.7. The number of nitrogens with zero attached hydrogens (tertiary/aromatic N) is 2. The maximum atomic E-state index is 10.5. The first kappa shape index (κ1) is 12.3. The van der Waals surface area contributed by atoms with Gasteiger partial charge in [0.05, 0.1) is 17.2 Å². The van der Waals surface area contributed by atoms with E-state index in [0.717, 1.165) is 28.5 Å². The molecule has 0 radical (unpaired) electrons. The molecule has 0 aliphatic rings. The van der Waals surface area contributed by atoms with Crippen LogP contribution < -0.4 is 11.2 Å². The molecule has 0 saturated carbocycles. The number of carbonyl (C=O) groups excluding carboxylic acids is 1. The van der Waals surface area contributed by atoms with Crippen LogP contribution in [0.3, 0.4) is 0 Å². The lowest BCUT2D eigenvalue weighted by atomic mass is 10.2. The Bertz CT molecular complexity index is 813. The van der Waals surface area contributed by atoms with E-state index in [1.807, 2.05) is 24.3 Å². The summed E-state index contributed by atoms with van der Waals surface area (Å²) < 4.78 is 7.96. The number of aromatic nitrogens is 1. The molecule has 0 spiro atoms. The summed E-state index contributed by atoms with van der Waals surface area (Å²) >= 11 is 0. The van der Waals surface area contributed by atoms with Gasteiger partial charge in [-0.15, -0.1) is 0 Å². The molecular formula is C14H14N4O2. The number of hydrazone groups is 1. The van der Waals surface area contributed by atoms with E-state index in [-0.39, 0.29) is 0 Å². The smallest absolute Gasteiger partial charge is 0.332 e. The van der Waals surface area contributed by atoms with Gasteiger partial charge in [0.15, 0.2) is 5.58 Å². The molecule has 1 aromatic carbocycles. The van der Waals surface area contributed by atoms with Crippen molar-refractivity contribution in [2.45, 2.75) is 13.5 Å². The molecule has 6 nitrogen and oxygen atoms in total. The number of nitrogens with one attached hydrogen (secondary N) is 1. The van der Waals surface area contributed by atoms with Crippen LogP contribution in [0, 0.1) is 0 Å². The highest BCUT2D eigenvalue weighted by Gasteiger charge is 2.13. The summed E-state index contributed by atoms with van der Waals surface area (Å²) in [6.07, 6.45) is 1.43. The Morgan fingerprint density at radius 1 is 1.45 bits per heavy atom. The van der Waals surface area contributed by atoms with Crippen LogP contribution >= 0.6 is 0 Å². The molecule has 0 atom stereocenters. The first-order valence-electron chi connectivity index (χ1n) is 6.30. The molecule has 0 unspecified atom stereocenters. The first-order chi connectivity index (χ1) is 9.70. The lowest BCUT2D eigenvalue weighted by Crippen LogP contribution is -2.24. The van der Waals surface area contributed by atoms with E-state index in [1.165, 1.54) is 6.21 Å². The Hall–Kier alpha value is -2.76. The summed E-state index contributed by atoms with van der Waals surface area (Å²) in [4.78, 5) is 10.5. The van der Waals surface area contributed by atoms with Crippen molar-refractivity contribution >= 4 is 34.2 Å².